The number of benzene rings is 2. The van der Waals surface area contributed by atoms with E-state index in [4.69, 9.17) is 21.1 Å². The van der Waals surface area contributed by atoms with Crippen LogP contribution in [0.2, 0.25) is 5.02 Å². The molecule has 0 aliphatic carbocycles. The molecule has 144 valence electrons. The van der Waals surface area contributed by atoms with E-state index < -0.39 is 0 Å². The summed E-state index contributed by atoms with van der Waals surface area (Å²) >= 11 is 6.28. The van der Waals surface area contributed by atoms with Crippen LogP contribution in [0.25, 0.3) is 0 Å². The molecule has 2 rings (SSSR count). The van der Waals surface area contributed by atoms with Crippen LogP contribution in [0.3, 0.4) is 0 Å². The normalized spacial score (nSPS) is 10.3. The van der Waals surface area contributed by atoms with E-state index in [1.807, 2.05) is 19.9 Å². The lowest BCUT2D eigenvalue weighted by atomic mass is 10.1. The topological polar surface area (TPSA) is 76.7 Å². The molecule has 0 saturated carbocycles. The highest BCUT2D eigenvalue weighted by atomic mass is 35.5. The predicted octanol–water partition coefficient (Wildman–Crippen LogP) is 4.66. The summed E-state index contributed by atoms with van der Waals surface area (Å²) in [7, 11) is 1.49. The second-order valence-electron chi connectivity index (χ2n) is 6.00. The van der Waals surface area contributed by atoms with E-state index in [2.05, 4.69) is 10.6 Å². The number of hydrogen-bond acceptors (Lipinski definition) is 4. The Bertz CT molecular complexity index is 852. The SMILES string of the molecule is CCCOc1c(Cl)cc(C(=O)Nc2cc(NC(C)=O)ccc2C)cc1OC. The van der Waals surface area contributed by atoms with Gasteiger partial charge >= 0.3 is 0 Å². The van der Waals surface area contributed by atoms with Gasteiger partial charge in [-0.1, -0.05) is 24.6 Å². The van der Waals surface area contributed by atoms with Gasteiger partial charge in [0.25, 0.3) is 5.91 Å². The molecule has 2 aromatic carbocycles. The molecule has 0 aromatic heterocycles. The van der Waals surface area contributed by atoms with Gasteiger partial charge in [0.05, 0.1) is 18.7 Å². The van der Waals surface area contributed by atoms with Crippen LogP contribution >= 0.6 is 11.6 Å². The molecule has 7 heteroatoms. The van der Waals surface area contributed by atoms with Gasteiger partial charge in [0.1, 0.15) is 0 Å². The zero-order valence-corrected chi connectivity index (χ0v) is 16.6. The Hall–Kier alpha value is -2.73. The average molecular weight is 391 g/mol. The lowest BCUT2D eigenvalue weighted by molar-refractivity contribution is -0.114. The van der Waals surface area contributed by atoms with Crippen molar-refractivity contribution in [1.29, 1.82) is 0 Å². The Morgan fingerprint density at radius 2 is 1.89 bits per heavy atom. The van der Waals surface area contributed by atoms with Crippen LogP contribution in [0.15, 0.2) is 30.3 Å². The van der Waals surface area contributed by atoms with Crippen molar-refractivity contribution in [2.45, 2.75) is 27.2 Å². The van der Waals surface area contributed by atoms with E-state index >= 15 is 0 Å². The lowest BCUT2D eigenvalue weighted by Gasteiger charge is -2.15. The fourth-order valence-electron chi connectivity index (χ4n) is 2.43. The third kappa shape index (κ3) is 5.37. The lowest BCUT2D eigenvalue weighted by Crippen LogP contribution is -2.14. The van der Waals surface area contributed by atoms with E-state index in [0.717, 1.165) is 12.0 Å². The van der Waals surface area contributed by atoms with Crippen molar-refractivity contribution in [3.63, 3.8) is 0 Å². The van der Waals surface area contributed by atoms with Gasteiger partial charge in [-0.3, -0.25) is 9.59 Å². The number of ether oxygens (including phenoxy) is 2. The predicted molar refractivity (Wildman–Crippen MR) is 107 cm³/mol. The minimum atomic E-state index is -0.347. The highest BCUT2D eigenvalue weighted by molar-refractivity contribution is 6.32. The highest BCUT2D eigenvalue weighted by Gasteiger charge is 2.17. The average Bonchev–Trinajstić information content (AvgIpc) is 2.62. The molecule has 0 fully saturated rings. The first-order valence-corrected chi connectivity index (χ1v) is 8.93. The second kappa shape index (κ2) is 9.28. The molecular formula is C20H23ClN2O4. The number of rotatable bonds is 7. The number of carbonyl (C=O) groups is 2. The van der Waals surface area contributed by atoms with Gasteiger partial charge < -0.3 is 20.1 Å². The van der Waals surface area contributed by atoms with Crippen LogP contribution in [-0.4, -0.2) is 25.5 Å². The summed E-state index contributed by atoms with van der Waals surface area (Å²) < 4.78 is 10.9. The highest BCUT2D eigenvalue weighted by Crippen LogP contribution is 2.36. The monoisotopic (exact) mass is 390 g/mol. The molecule has 6 nitrogen and oxygen atoms in total. The number of aryl methyl sites for hydroxylation is 1. The molecule has 2 N–H and O–H groups in total. The van der Waals surface area contributed by atoms with E-state index in [1.54, 1.807) is 18.2 Å². The summed E-state index contributed by atoms with van der Waals surface area (Å²) in [6.07, 6.45) is 0.825. The van der Waals surface area contributed by atoms with Crippen molar-refractivity contribution in [2.75, 3.05) is 24.4 Å². The van der Waals surface area contributed by atoms with Crippen molar-refractivity contribution in [2.24, 2.45) is 0 Å². The Kier molecular flexibility index (Phi) is 7.07. The molecule has 0 bridgehead atoms. The van der Waals surface area contributed by atoms with Crippen molar-refractivity contribution >= 4 is 34.8 Å². The molecule has 0 unspecified atom stereocenters. The standard InChI is InChI=1S/C20H23ClN2O4/c1-5-8-27-19-16(21)9-14(10-18(19)26-4)20(25)23-17-11-15(22-13(3)24)7-6-12(17)2/h6-7,9-11H,5,8H2,1-4H3,(H,22,24)(H,23,25). The number of hydrogen-bond donors (Lipinski definition) is 2. The van der Waals surface area contributed by atoms with Crippen LogP contribution in [0.1, 0.15) is 36.2 Å². The maximum absolute atomic E-state index is 12.7. The summed E-state index contributed by atoms with van der Waals surface area (Å²) in [5, 5.41) is 5.83. The van der Waals surface area contributed by atoms with E-state index in [0.29, 0.717) is 40.1 Å². The number of anilines is 2. The number of amides is 2. The van der Waals surface area contributed by atoms with Gasteiger partial charge in [-0.25, -0.2) is 0 Å². The van der Waals surface area contributed by atoms with Gasteiger partial charge in [-0.05, 0) is 43.2 Å². The zero-order valence-electron chi connectivity index (χ0n) is 15.8. The zero-order chi connectivity index (χ0) is 20.0. The molecule has 0 aliphatic rings. The Balaban J connectivity index is 2.28. The molecule has 2 aromatic rings. The molecule has 27 heavy (non-hydrogen) atoms. The van der Waals surface area contributed by atoms with Crippen LogP contribution in [0.5, 0.6) is 11.5 Å². The molecule has 0 aliphatic heterocycles. The molecule has 0 saturated heterocycles. The van der Waals surface area contributed by atoms with Gasteiger partial charge in [-0.15, -0.1) is 0 Å². The largest absolute Gasteiger partial charge is 0.493 e. The molecule has 0 heterocycles. The maximum Gasteiger partial charge on any atom is 0.255 e. The number of nitrogens with one attached hydrogen (secondary N) is 2. The summed E-state index contributed by atoms with van der Waals surface area (Å²) in [4.78, 5) is 23.9. The smallest absolute Gasteiger partial charge is 0.255 e. The minimum Gasteiger partial charge on any atom is -0.493 e. The van der Waals surface area contributed by atoms with Crippen LogP contribution in [0, 0.1) is 6.92 Å². The third-order valence-electron chi connectivity index (χ3n) is 3.75. The van der Waals surface area contributed by atoms with Gasteiger partial charge in [0.15, 0.2) is 11.5 Å². The van der Waals surface area contributed by atoms with Crippen molar-refractivity contribution in [3.05, 3.63) is 46.5 Å². The fraction of sp³-hybridized carbons (Fsp3) is 0.300. The molecule has 0 spiro atoms. The summed E-state index contributed by atoms with van der Waals surface area (Å²) in [6.45, 7) is 5.77. The van der Waals surface area contributed by atoms with Crippen molar-refractivity contribution in [1.82, 2.24) is 0 Å². The number of methoxy groups -OCH3 is 1. The quantitative estimate of drug-likeness (QED) is 0.721. The second-order valence-corrected chi connectivity index (χ2v) is 6.41. The molecule has 0 atom stereocenters. The molecule has 2 amide bonds. The van der Waals surface area contributed by atoms with Crippen LogP contribution in [-0.2, 0) is 4.79 Å². The van der Waals surface area contributed by atoms with E-state index in [-0.39, 0.29) is 11.8 Å². The number of carbonyl (C=O) groups excluding carboxylic acids is 2. The van der Waals surface area contributed by atoms with Crippen molar-refractivity contribution < 1.29 is 19.1 Å². The fourth-order valence-corrected chi connectivity index (χ4v) is 2.69. The first kappa shape index (κ1) is 20.6. The van der Waals surface area contributed by atoms with Crippen molar-refractivity contribution in [3.8, 4) is 11.5 Å². The van der Waals surface area contributed by atoms with Crippen LogP contribution < -0.4 is 20.1 Å². The maximum atomic E-state index is 12.7. The summed E-state index contributed by atoms with van der Waals surface area (Å²) in [5.74, 6) is 0.279. The first-order chi connectivity index (χ1) is 12.8. The Morgan fingerprint density at radius 3 is 2.52 bits per heavy atom. The van der Waals surface area contributed by atoms with E-state index in [1.165, 1.54) is 20.1 Å². The Morgan fingerprint density at radius 1 is 1.15 bits per heavy atom. The van der Waals surface area contributed by atoms with Crippen LogP contribution in [0.4, 0.5) is 11.4 Å². The number of halogens is 1. The van der Waals surface area contributed by atoms with E-state index in [9.17, 15) is 9.59 Å². The summed E-state index contributed by atoms with van der Waals surface area (Å²) in [5.41, 5.74) is 2.39. The first-order valence-electron chi connectivity index (χ1n) is 8.55. The third-order valence-corrected chi connectivity index (χ3v) is 4.03. The van der Waals surface area contributed by atoms with Gasteiger partial charge in [0.2, 0.25) is 5.91 Å². The minimum absolute atomic E-state index is 0.185. The molecular weight excluding hydrogens is 368 g/mol. The summed E-state index contributed by atoms with van der Waals surface area (Å²) in [6, 6.07) is 8.41. The van der Waals surface area contributed by atoms with Gasteiger partial charge in [0, 0.05) is 23.9 Å². The molecule has 0 radical (unpaired) electrons. The Labute approximate surface area is 163 Å². The van der Waals surface area contributed by atoms with Gasteiger partial charge in [-0.2, -0.15) is 0 Å².